The minimum absolute atomic E-state index is 0.294. The molecule has 0 saturated heterocycles. The minimum Gasteiger partial charge on any atom is -0.497 e. The zero-order valence-electron chi connectivity index (χ0n) is 20.6. The van der Waals surface area contributed by atoms with Crippen LogP contribution in [0.2, 0.25) is 0 Å². The van der Waals surface area contributed by atoms with Crippen molar-refractivity contribution in [2.75, 3.05) is 12.4 Å². The van der Waals surface area contributed by atoms with Crippen molar-refractivity contribution in [1.29, 1.82) is 0 Å². The highest BCUT2D eigenvalue weighted by Gasteiger charge is 2.38. The van der Waals surface area contributed by atoms with Crippen LogP contribution < -0.4 is 10.1 Å². The number of hydrogen-bond donors (Lipinski definition) is 2. The number of pyridine rings is 1. The molecule has 0 unspecified atom stereocenters. The van der Waals surface area contributed by atoms with Gasteiger partial charge in [-0.1, -0.05) is 0 Å². The Labute approximate surface area is 223 Å². The number of amides is 1. The zero-order valence-corrected chi connectivity index (χ0v) is 20.6. The number of aliphatic carboxylic acids is 1. The van der Waals surface area contributed by atoms with Crippen LogP contribution in [0.1, 0.15) is 10.4 Å². The van der Waals surface area contributed by atoms with Crippen LogP contribution in [0.4, 0.5) is 23.4 Å². The number of rotatable bonds is 5. The third-order valence-corrected chi connectivity index (χ3v) is 5.38. The van der Waals surface area contributed by atoms with Crippen molar-refractivity contribution in [1.82, 2.24) is 19.6 Å². The molecular weight excluding hydrogens is 534 g/mol. The van der Waals surface area contributed by atoms with Gasteiger partial charge >= 0.3 is 12.1 Å². The number of carbonyl (C=O) groups is 2. The number of carbonyl (C=O) groups excluding carboxylic acids is 1. The number of nitrogens with zero attached hydrogens (tertiary/aromatic N) is 4. The summed E-state index contributed by atoms with van der Waals surface area (Å²) in [5.41, 5.74) is 3.98. The number of aromatic nitrogens is 4. The summed E-state index contributed by atoms with van der Waals surface area (Å²) in [7, 11) is 1.57. The highest BCUT2D eigenvalue weighted by atomic mass is 19.4. The maximum Gasteiger partial charge on any atom is 0.490 e. The molecule has 0 aliphatic rings. The standard InChI is InChI=1S/C25H18FN5O2.C2HF3O2/c1-33-20-10-6-17(7-11-20)25(32)29-21-15-18(12-14-27-21)24-23(16-4-8-19(26)9-5-16)30-22-3-2-13-28-31(22)24;3-2(4,5)1(6)7/h2-15H,1H3,(H,27,29,32);(H,6,7). The molecule has 3 aromatic heterocycles. The summed E-state index contributed by atoms with van der Waals surface area (Å²) >= 11 is 0. The molecule has 0 radical (unpaired) electrons. The molecular formula is C27H19F4N5O4. The Balaban J connectivity index is 0.000000470. The molecule has 5 aromatic rings. The number of hydrogen-bond acceptors (Lipinski definition) is 6. The molecule has 13 heteroatoms. The van der Waals surface area contributed by atoms with Gasteiger partial charge in [-0.3, -0.25) is 4.79 Å². The van der Waals surface area contributed by atoms with E-state index < -0.39 is 12.1 Å². The van der Waals surface area contributed by atoms with Gasteiger partial charge in [0.2, 0.25) is 0 Å². The number of carboxylic acids is 1. The highest BCUT2D eigenvalue weighted by Crippen LogP contribution is 2.33. The quantitative estimate of drug-likeness (QED) is 0.276. The van der Waals surface area contributed by atoms with Crippen LogP contribution in [0.5, 0.6) is 5.75 Å². The van der Waals surface area contributed by atoms with Crippen molar-refractivity contribution >= 4 is 23.3 Å². The number of benzene rings is 2. The summed E-state index contributed by atoms with van der Waals surface area (Å²) in [6.07, 6.45) is -1.81. The number of halogens is 4. The second-order valence-corrected chi connectivity index (χ2v) is 8.02. The summed E-state index contributed by atoms with van der Waals surface area (Å²) in [4.78, 5) is 30.6. The maximum absolute atomic E-state index is 13.5. The average Bonchev–Trinajstić information content (AvgIpc) is 3.33. The van der Waals surface area contributed by atoms with Crippen molar-refractivity contribution in [3.05, 3.63) is 96.6 Å². The number of ether oxygens (including phenoxy) is 1. The number of alkyl halides is 3. The van der Waals surface area contributed by atoms with Crippen LogP contribution in [0.15, 0.2) is 85.2 Å². The molecule has 3 heterocycles. The number of carboxylic acid groups (broad SMARTS) is 1. The van der Waals surface area contributed by atoms with Gasteiger partial charge in [-0.2, -0.15) is 18.3 Å². The molecule has 0 aliphatic heterocycles. The Bertz CT molecular complexity index is 1650. The molecule has 9 nitrogen and oxygen atoms in total. The first-order chi connectivity index (χ1) is 19.1. The SMILES string of the molecule is COc1ccc(C(=O)Nc2cc(-c3c(-c4ccc(F)cc4)nc4cccnn34)ccn2)cc1.O=C(O)C(F)(F)F. The molecule has 2 aromatic carbocycles. The maximum atomic E-state index is 13.5. The predicted molar refractivity (Wildman–Crippen MR) is 136 cm³/mol. The fourth-order valence-corrected chi connectivity index (χ4v) is 3.53. The fraction of sp³-hybridized carbons (Fsp3) is 0.0741. The van der Waals surface area contributed by atoms with Gasteiger partial charge in [0, 0.05) is 29.1 Å². The monoisotopic (exact) mass is 553 g/mol. The Hall–Kier alpha value is -5.33. The molecule has 0 bridgehead atoms. The molecule has 5 rings (SSSR count). The minimum atomic E-state index is -5.08. The van der Waals surface area contributed by atoms with E-state index in [0.29, 0.717) is 34.2 Å². The van der Waals surface area contributed by atoms with E-state index in [4.69, 9.17) is 19.6 Å². The second kappa shape index (κ2) is 11.6. The Morgan fingerprint density at radius 1 is 0.950 bits per heavy atom. The molecule has 0 atom stereocenters. The Kier molecular flexibility index (Phi) is 8.03. The first kappa shape index (κ1) is 27.7. The molecule has 0 saturated carbocycles. The van der Waals surface area contributed by atoms with Gasteiger partial charge in [0.25, 0.3) is 5.91 Å². The number of imidazole rings is 1. The molecule has 2 N–H and O–H groups in total. The van der Waals surface area contributed by atoms with E-state index in [0.717, 1.165) is 11.1 Å². The Morgan fingerprint density at radius 3 is 2.25 bits per heavy atom. The largest absolute Gasteiger partial charge is 0.497 e. The predicted octanol–water partition coefficient (Wildman–Crippen LogP) is 5.49. The summed E-state index contributed by atoms with van der Waals surface area (Å²) in [6.45, 7) is 0. The van der Waals surface area contributed by atoms with Crippen molar-refractivity contribution in [3.63, 3.8) is 0 Å². The van der Waals surface area contributed by atoms with Gasteiger partial charge in [-0.15, -0.1) is 0 Å². The normalized spacial score (nSPS) is 10.9. The summed E-state index contributed by atoms with van der Waals surface area (Å²) in [5.74, 6) is -2.33. The summed E-state index contributed by atoms with van der Waals surface area (Å²) < 4.78 is 52.1. The van der Waals surface area contributed by atoms with E-state index in [1.807, 2.05) is 12.1 Å². The number of fused-ring (bicyclic) bond motifs is 1. The number of methoxy groups -OCH3 is 1. The lowest BCUT2D eigenvalue weighted by atomic mass is 10.1. The first-order valence-electron chi connectivity index (χ1n) is 11.4. The fourth-order valence-electron chi connectivity index (χ4n) is 3.53. The van der Waals surface area contributed by atoms with Crippen molar-refractivity contribution < 1.29 is 37.0 Å². The van der Waals surface area contributed by atoms with Crippen LogP contribution in [-0.4, -0.2) is 49.9 Å². The van der Waals surface area contributed by atoms with Gasteiger partial charge in [-0.25, -0.2) is 23.7 Å². The van der Waals surface area contributed by atoms with E-state index in [-0.39, 0.29) is 11.7 Å². The molecule has 0 spiro atoms. The topological polar surface area (TPSA) is 119 Å². The van der Waals surface area contributed by atoms with Crippen molar-refractivity contribution in [2.45, 2.75) is 6.18 Å². The lowest BCUT2D eigenvalue weighted by Crippen LogP contribution is -2.21. The van der Waals surface area contributed by atoms with Gasteiger partial charge < -0.3 is 15.2 Å². The molecule has 40 heavy (non-hydrogen) atoms. The van der Waals surface area contributed by atoms with Crippen LogP contribution in [0.25, 0.3) is 28.2 Å². The van der Waals surface area contributed by atoms with Crippen LogP contribution in [0, 0.1) is 5.82 Å². The van der Waals surface area contributed by atoms with E-state index in [2.05, 4.69) is 15.4 Å². The Morgan fingerprint density at radius 2 is 1.62 bits per heavy atom. The van der Waals surface area contributed by atoms with Gasteiger partial charge in [0.15, 0.2) is 5.65 Å². The van der Waals surface area contributed by atoms with Crippen LogP contribution in [-0.2, 0) is 4.79 Å². The molecule has 0 fully saturated rings. The number of nitrogens with one attached hydrogen (secondary N) is 1. The summed E-state index contributed by atoms with van der Waals surface area (Å²) in [6, 6.07) is 20.1. The van der Waals surface area contributed by atoms with E-state index in [1.54, 1.807) is 72.5 Å². The van der Waals surface area contributed by atoms with Crippen molar-refractivity contribution in [3.8, 4) is 28.3 Å². The van der Waals surface area contributed by atoms with E-state index in [1.165, 1.54) is 12.1 Å². The van der Waals surface area contributed by atoms with E-state index >= 15 is 0 Å². The smallest absolute Gasteiger partial charge is 0.490 e. The van der Waals surface area contributed by atoms with Gasteiger partial charge in [-0.05, 0) is 72.8 Å². The lowest BCUT2D eigenvalue weighted by Gasteiger charge is -2.09. The molecule has 1 amide bonds. The third kappa shape index (κ3) is 6.38. The van der Waals surface area contributed by atoms with Crippen molar-refractivity contribution in [2.24, 2.45) is 0 Å². The number of anilines is 1. The van der Waals surface area contributed by atoms with E-state index in [9.17, 15) is 22.4 Å². The van der Waals surface area contributed by atoms with Crippen LogP contribution in [0.3, 0.4) is 0 Å². The van der Waals surface area contributed by atoms with Gasteiger partial charge in [0.1, 0.15) is 23.1 Å². The lowest BCUT2D eigenvalue weighted by molar-refractivity contribution is -0.192. The van der Waals surface area contributed by atoms with Crippen LogP contribution >= 0.6 is 0 Å². The highest BCUT2D eigenvalue weighted by molar-refractivity contribution is 6.04. The first-order valence-corrected chi connectivity index (χ1v) is 11.4. The second-order valence-electron chi connectivity index (χ2n) is 8.02. The summed E-state index contributed by atoms with van der Waals surface area (Å²) in [5, 5.41) is 14.4. The third-order valence-electron chi connectivity index (χ3n) is 5.38. The molecule has 204 valence electrons. The average molecular weight is 553 g/mol. The zero-order chi connectivity index (χ0) is 28.9. The van der Waals surface area contributed by atoms with Gasteiger partial charge in [0.05, 0.1) is 12.8 Å². The molecule has 0 aliphatic carbocycles.